The normalized spacial score (nSPS) is 19.2. The molecular formula is C21H34Cl2O2Si2. The minimum atomic E-state index is -1.79. The third-order valence-corrected chi connectivity index (χ3v) is 13.7. The van der Waals surface area contributed by atoms with Crippen LogP contribution in [0.1, 0.15) is 26.7 Å². The highest BCUT2D eigenvalue weighted by Crippen LogP contribution is 2.54. The Morgan fingerprint density at radius 1 is 0.815 bits per heavy atom. The van der Waals surface area contributed by atoms with E-state index in [2.05, 4.69) is 52.2 Å². The predicted molar refractivity (Wildman–Crippen MR) is 124 cm³/mol. The smallest absolute Gasteiger partial charge is 0.0829 e. The van der Waals surface area contributed by atoms with Crippen molar-refractivity contribution >= 4 is 39.3 Å². The molecule has 0 saturated heterocycles. The highest BCUT2D eigenvalue weighted by atomic mass is 35.5. The lowest BCUT2D eigenvalue weighted by atomic mass is 9.77. The second kappa shape index (κ2) is 8.33. The van der Waals surface area contributed by atoms with Gasteiger partial charge >= 0.3 is 0 Å². The van der Waals surface area contributed by atoms with Gasteiger partial charge in [-0.1, -0.05) is 85.8 Å². The van der Waals surface area contributed by atoms with Crippen LogP contribution < -0.4 is 0 Å². The van der Waals surface area contributed by atoms with Crippen LogP contribution in [-0.4, -0.2) is 39.6 Å². The molecule has 0 spiro atoms. The molecule has 0 heterocycles. The first-order valence-corrected chi connectivity index (χ1v) is 17.0. The van der Waals surface area contributed by atoms with E-state index in [9.17, 15) is 10.2 Å². The Balaban J connectivity index is 2.54. The van der Waals surface area contributed by atoms with Crippen LogP contribution in [0.3, 0.4) is 0 Å². The van der Waals surface area contributed by atoms with Crippen molar-refractivity contribution in [2.24, 2.45) is 5.41 Å². The van der Waals surface area contributed by atoms with Crippen molar-refractivity contribution in [2.75, 3.05) is 13.2 Å². The predicted octanol–water partition coefficient (Wildman–Crippen LogP) is 6.14. The Morgan fingerprint density at radius 2 is 1.15 bits per heavy atom. The number of aliphatic hydroxyl groups excluding tert-OH is 2. The molecular weight excluding hydrogens is 411 g/mol. The Kier molecular flexibility index (Phi) is 7.15. The van der Waals surface area contributed by atoms with Crippen LogP contribution in [0.2, 0.25) is 38.3 Å². The fraction of sp³-hybridized carbons (Fsp3) is 0.619. The molecule has 0 radical (unpaired) electrons. The van der Waals surface area contributed by atoms with Crippen LogP contribution in [0, 0.1) is 5.41 Å². The topological polar surface area (TPSA) is 40.5 Å². The zero-order chi connectivity index (χ0) is 20.6. The Labute approximate surface area is 176 Å². The number of allylic oxidation sites excluding steroid dienone is 8. The molecule has 2 aliphatic rings. The molecule has 0 aromatic carbocycles. The average molecular weight is 446 g/mol. The van der Waals surface area contributed by atoms with Gasteiger partial charge in [0.1, 0.15) is 0 Å². The third kappa shape index (κ3) is 4.41. The lowest BCUT2D eigenvalue weighted by molar-refractivity contribution is 0.316. The maximum Gasteiger partial charge on any atom is 0.0829 e. The molecule has 0 aromatic heterocycles. The summed E-state index contributed by atoms with van der Waals surface area (Å²) in [6.07, 6.45) is 6.12. The first-order chi connectivity index (χ1) is 12.4. The van der Waals surface area contributed by atoms with Gasteiger partial charge in [0.15, 0.2) is 0 Å². The summed E-state index contributed by atoms with van der Waals surface area (Å²) in [7, 11) is -3.57. The van der Waals surface area contributed by atoms with Gasteiger partial charge in [-0.3, -0.25) is 0 Å². The zero-order valence-electron chi connectivity index (χ0n) is 17.5. The molecule has 6 heteroatoms. The van der Waals surface area contributed by atoms with E-state index >= 15 is 0 Å². The van der Waals surface area contributed by atoms with Crippen molar-refractivity contribution in [3.63, 3.8) is 0 Å². The second-order valence-electron chi connectivity index (χ2n) is 9.54. The summed E-state index contributed by atoms with van der Waals surface area (Å²) in [6, 6.07) is 1.67. The SMILES string of the molecule is CC(C)(C1=C(Cl)CC=C1[Si](C)(C)CCO)C1=C(Cl)CC=C1[Si](C)(C)CCO. The second-order valence-corrected chi connectivity index (χ2v) is 20.1. The fourth-order valence-corrected chi connectivity index (χ4v) is 10.9. The lowest BCUT2D eigenvalue weighted by Crippen LogP contribution is -2.38. The van der Waals surface area contributed by atoms with Gasteiger partial charge in [0.2, 0.25) is 0 Å². The van der Waals surface area contributed by atoms with E-state index in [1.807, 2.05) is 0 Å². The molecule has 2 nitrogen and oxygen atoms in total. The lowest BCUT2D eigenvalue weighted by Gasteiger charge is -2.40. The Bertz CT molecular complexity index is 668. The highest BCUT2D eigenvalue weighted by Gasteiger charge is 2.45. The van der Waals surface area contributed by atoms with Crippen molar-refractivity contribution in [3.8, 4) is 0 Å². The molecule has 0 atom stereocenters. The molecule has 2 N–H and O–H groups in total. The van der Waals surface area contributed by atoms with Crippen molar-refractivity contribution < 1.29 is 10.2 Å². The number of rotatable bonds is 8. The van der Waals surface area contributed by atoms with E-state index in [0.29, 0.717) is 0 Å². The van der Waals surface area contributed by atoms with E-state index < -0.39 is 16.1 Å². The maximum atomic E-state index is 9.58. The number of hydrogen-bond acceptors (Lipinski definition) is 2. The minimum Gasteiger partial charge on any atom is -0.397 e. The summed E-state index contributed by atoms with van der Waals surface area (Å²) in [5.41, 5.74) is 2.17. The molecule has 0 saturated carbocycles. The standard InChI is InChI=1S/C21H34Cl2O2Si2/c1-21(2,19-15(22)7-9-17(19)26(3,4)13-11-24)20-16(23)8-10-18(20)27(5,6)14-12-25/h9-10,24-25H,7-8,11-14H2,1-6H3. The van der Waals surface area contributed by atoms with E-state index in [-0.39, 0.29) is 18.6 Å². The van der Waals surface area contributed by atoms with Crippen molar-refractivity contribution in [3.05, 3.63) is 43.8 Å². The summed E-state index contributed by atoms with van der Waals surface area (Å²) in [6.45, 7) is 14.2. The first-order valence-electron chi connectivity index (χ1n) is 9.82. The Hall–Kier alpha value is -0.106. The first kappa shape index (κ1) is 23.2. The molecule has 0 fully saturated rings. The van der Waals surface area contributed by atoms with E-state index in [1.165, 1.54) is 21.5 Å². The minimum absolute atomic E-state index is 0.215. The molecule has 0 amide bonds. The fourth-order valence-electron chi connectivity index (χ4n) is 4.62. The van der Waals surface area contributed by atoms with Crippen molar-refractivity contribution in [2.45, 2.75) is 65.0 Å². The van der Waals surface area contributed by atoms with Crippen LogP contribution >= 0.6 is 23.2 Å². The summed E-state index contributed by atoms with van der Waals surface area (Å²) in [5, 5.41) is 23.7. The van der Waals surface area contributed by atoms with Crippen LogP contribution in [0.4, 0.5) is 0 Å². The van der Waals surface area contributed by atoms with Crippen molar-refractivity contribution in [1.82, 2.24) is 0 Å². The van der Waals surface area contributed by atoms with Crippen LogP contribution in [0.5, 0.6) is 0 Å². The summed E-state index contributed by atoms with van der Waals surface area (Å²) < 4.78 is 0. The summed E-state index contributed by atoms with van der Waals surface area (Å²) >= 11 is 13.6. The molecule has 0 unspecified atom stereocenters. The van der Waals surface area contributed by atoms with E-state index in [4.69, 9.17) is 23.2 Å². The highest BCUT2D eigenvalue weighted by molar-refractivity contribution is 6.86. The van der Waals surface area contributed by atoms with Crippen LogP contribution in [0.15, 0.2) is 43.8 Å². The van der Waals surface area contributed by atoms with Gasteiger partial charge in [0.05, 0.1) is 16.1 Å². The summed E-state index contributed by atoms with van der Waals surface area (Å²) in [4.78, 5) is 0. The van der Waals surface area contributed by atoms with Gasteiger partial charge in [0, 0.05) is 41.5 Å². The molecule has 152 valence electrons. The quantitative estimate of drug-likeness (QED) is 0.441. The van der Waals surface area contributed by atoms with Crippen LogP contribution in [0.25, 0.3) is 0 Å². The molecule has 27 heavy (non-hydrogen) atoms. The van der Waals surface area contributed by atoms with Gasteiger partial charge in [-0.25, -0.2) is 0 Å². The number of halogens is 2. The average Bonchev–Trinajstić information content (AvgIpc) is 3.11. The van der Waals surface area contributed by atoms with E-state index in [1.54, 1.807) is 0 Å². The van der Waals surface area contributed by atoms with Crippen LogP contribution in [-0.2, 0) is 0 Å². The van der Waals surface area contributed by atoms with Gasteiger partial charge in [-0.2, -0.15) is 0 Å². The monoisotopic (exact) mass is 444 g/mol. The largest absolute Gasteiger partial charge is 0.397 e. The molecule has 0 bridgehead atoms. The third-order valence-electron chi connectivity index (χ3n) is 6.23. The summed E-state index contributed by atoms with van der Waals surface area (Å²) in [5.74, 6) is 0. The molecule has 0 aromatic rings. The number of aliphatic hydroxyl groups is 2. The molecule has 0 aliphatic heterocycles. The van der Waals surface area contributed by atoms with E-state index in [0.717, 1.165) is 35.0 Å². The van der Waals surface area contributed by atoms with Crippen molar-refractivity contribution in [1.29, 1.82) is 0 Å². The van der Waals surface area contributed by atoms with Gasteiger partial charge in [-0.15, -0.1) is 0 Å². The Morgan fingerprint density at radius 3 is 1.44 bits per heavy atom. The van der Waals surface area contributed by atoms with Gasteiger partial charge in [0.25, 0.3) is 0 Å². The molecule has 2 aliphatic carbocycles. The number of hydrogen-bond donors (Lipinski definition) is 2. The van der Waals surface area contributed by atoms with Gasteiger partial charge < -0.3 is 10.2 Å². The zero-order valence-corrected chi connectivity index (χ0v) is 21.1. The molecule has 2 rings (SSSR count). The maximum absolute atomic E-state index is 9.58. The van der Waals surface area contributed by atoms with Gasteiger partial charge in [-0.05, 0) is 23.2 Å².